The molecule has 0 aromatic heterocycles. The molecule has 16 heavy (non-hydrogen) atoms. The lowest BCUT2D eigenvalue weighted by Crippen LogP contribution is -2.13. The Hall–Kier alpha value is -2.09. The third-order valence-electron chi connectivity index (χ3n) is 2.22. The van der Waals surface area contributed by atoms with Crippen molar-refractivity contribution in [1.82, 2.24) is 0 Å². The first-order valence-electron chi connectivity index (χ1n) is 4.95. The highest BCUT2D eigenvalue weighted by atomic mass is 16.1. The van der Waals surface area contributed by atoms with Crippen LogP contribution in [0.1, 0.15) is 0 Å². The Morgan fingerprint density at radius 1 is 1.19 bits per heavy atom. The maximum absolute atomic E-state index is 10.4. The summed E-state index contributed by atoms with van der Waals surface area (Å²) in [4.78, 5) is 12.3. The zero-order chi connectivity index (χ0) is 12.0. The van der Waals surface area contributed by atoms with E-state index in [4.69, 9.17) is 0 Å². The minimum atomic E-state index is 0.433. The summed E-state index contributed by atoms with van der Waals surface area (Å²) in [5.74, 6) is 0. The average molecular weight is 213 g/mol. The van der Waals surface area contributed by atoms with Crippen LogP contribution in [0.25, 0.3) is 0 Å². The quantitative estimate of drug-likeness (QED) is 0.426. The van der Waals surface area contributed by atoms with Crippen LogP contribution in [0.5, 0.6) is 0 Å². The maximum Gasteiger partial charge on any atom is 0.149 e. The Bertz CT molecular complexity index is 418. The molecule has 0 fully saturated rings. The van der Waals surface area contributed by atoms with Crippen LogP contribution in [0.4, 0.5) is 5.69 Å². The molecular weight excluding hydrogens is 198 g/mol. The molecular formula is C14H15NO. The van der Waals surface area contributed by atoms with E-state index in [1.807, 2.05) is 42.3 Å². The van der Waals surface area contributed by atoms with Crippen LogP contribution >= 0.6 is 0 Å². The van der Waals surface area contributed by atoms with Gasteiger partial charge >= 0.3 is 0 Å². The minimum Gasteiger partial charge on any atom is -0.345 e. The summed E-state index contributed by atoms with van der Waals surface area (Å²) in [6.07, 6.45) is 4.13. The second-order valence-electron chi connectivity index (χ2n) is 3.41. The molecule has 0 unspecified atom stereocenters. The molecule has 1 rings (SSSR count). The van der Waals surface area contributed by atoms with Gasteiger partial charge in [-0.15, -0.1) is 0 Å². The van der Waals surface area contributed by atoms with Crippen LogP contribution < -0.4 is 4.90 Å². The Kier molecular flexibility index (Phi) is 4.28. The molecule has 0 spiro atoms. The number of hydrogen-bond donors (Lipinski definition) is 0. The number of nitrogens with zero attached hydrogens (tertiary/aromatic N) is 1. The Morgan fingerprint density at radius 2 is 1.81 bits per heavy atom. The van der Waals surface area contributed by atoms with Crippen LogP contribution in [0.15, 0.2) is 66.9 Å². The summed E-state index contributed by atoms with van der Waals surface area (Å²) in [7, 11) is 1.92. The van der Waals surface area contributed by atoms with Crippen molar-refractivity contribution in [2.24, 2.45) is 0 Å². The number of anilines is 1. The Balaban J connectivity index is 2.72. The van der Waals surface area contributed by atoms with Gasteiger partial charge in [0.2, 0.25) is 0 Å². The summed E-state index contributed by atoms with van der Waals surface area (Å²) >= 11 is 0. The van der Waals surface area contributed by atoms with E-state index >= 15 is 0 Å². The first kappa shape index (κ1) is 12.0. The van der Waals surface area contributed by atoms with Crippen molar-refractivity contribution in [3.05, 3.63) is 66.9 Å². The van der Waals surface area contributed by atoms with E-state index in [1.165, 1.54) is 0 Å². The van der Waals surface area contributed by atoms with E-state index in [9.17, 15) is 4.79 Å². The number of allylic oxidation sites excluding steroid dienone is 3. The SMILES string of the molecule is C=C(C=O)/C=C\C(=C)N(C)c1ccccc1. The molecule has 0 aliphatic heterocycles. The maximum atomic E-state index is 10.4. The van der Waals surface area contributed by atoms with Crippen molar-refractivity contribution in [2.75, 3.05) is 11.9 Å². The van der Waals surface area contributed by atoms with Crippen LogP contribution in [0, 0.1) is 0 Å². The summed E-state index contributed by atoms with van der Waals surface area (Å²) in [5, 5.41) is 0. The first-order valence-corrected chi connectivity index (χ1v) is 4.95. The number of benzene rings is 1. The Labute approximate surface area is 96.2 Å². The predicted molar refractivity (Wildman–Crippen MR) is 68.3 cm³/mol. The molecule has 0 amide bonds. The highest BCUT2D eigenvalue weighted by Gasteiger charge is 2.00. The molecule has 0 saturated carbocycles. The van der Waals surface area contributed by atoms with Crippen molar-refractivity contribution in [3.63, 3.8) is 0 Å². The fourth-order valence-electron chi connectivity index (χ4n) is 1.17. The van der Waals surface area contributed by atoms with Gasteiger partial charge in [0.25, 0.3) is 0 Å². The molecule has 0 N–H and O–H groups in total. The zero-order valence-electron chi connectivity index (χ0n) is 9.39. The molecule has 1 aromatic carbocycles. The van der Waals surface area contributed by atoms with Gasteiger partial charge < -0.3 is 4.90 Å². The number of para-hydroxylation sites is 1. The number of likely N-dealkylation sites (N-methyl/N-ethyl adjacent to an activating group) is 1. The summed E-state index contributed by atoms with van der Waals surface area (Å²) in [6, 6.07) is 9.88. The largest absolute Gasteiger partial charge is 0.345 e. The number of rotatable bonds is 5. The molecule has 2 heteroatoms. The number of carbonyl (C=O) groups is 1. The van der Waals surface area contributed by atoms with Crippen LogP contribution in [0.2, 0.25) is 0 Å². The van der Waals surface area contributed by atoms with Crippen molar-refractivity contribution in [2.45, 2.75) is 0 Å². The first-order chi connectivity index (χ1) is 7.65. The van der Waals surface area contributed by atoms with Gasteiger partial charge in [-0.2, -0.15) is 0 Å². The van der Waals surface area contributed by atoms with Crippen molar-refractivity contribution in [3.8, 4) is 0 Å². The molecule has 82 valence electrons. The van der Waals surface area contributed by atoms with E-state index in [1.54, 1.807) is 12.2 Å². The molecule has 1 aromatic rings. The van der Waals surface area contributed by atoms with Gasteiger partial charge in [-0.25, -0.2) is 0 Å². The van der Waals surface area contributed by atoms with Crippen molar-refractivity contribution in [1.29, 1.82) is 0 Å². The molecule has 0 aliphatic rings. The van der Waals surface area contributed by atoms with E-state index in [0.29, 0.717) is 11.9 Å². The lowest BCUT2D eigenvalue weighted by atomic mass is 10.2. The van der Waals surface area contributed by atoms with Gasteiger partial charge in [0.05, 0.1) is 0 Å². The van der Waals surface area contributed by atoms with Gasteiger partial charge in [0, 0.05) is 24.0 Å². The van der Waals surface area contributed by atoms with E-state index < -0.39 is 0 Å². The molecule has 0 heterocycles. The number of aldehydes is 1. The fourth-order valence-corrected chi connectivity index (χ4v) is 1.17. The van der Waals surface area contributed by atoms with E-state index in [2.05, 4.69) is 13.2 Å². The standard InChI is InChI=1S/C14H15NO/c1-12(11-16)9-10-13(2)15(3)14-7-5-4-6-8-14/h4-11H,1-2H2,3H3/b10-9-. The zero-order valence-corrected chi connectivity index (χ0v) is 9.39. The van der Waals surface area contributed by atoms with Crippen molar-refractivity contribution >= 4 is 12.0 Å². The highest BCUT2D eigenvalue weighted by molar-refractivity contribution is 5.76. The molecule has 2 nitrogen and oxygen atoms in total. The Morgan fingerprint density at radius 3 is 2.38 bits per heavy atom. The number of carbonyl (C=O) groups excluding carboxylic acids is 1. The topological polar surface area (TPSA) is 20.3 Å². The van der Waals surface area contributed by atoms with Crippen LogP contribution in [-0.4, -0.2) is 13.3 Å². The molecule has 0 aliphatic carbocycles. The van der Waals surface area contributed by atoms with Gasteiger partial charge in [-0.1, -0.05) is 37.4 Å². The minimum absolute atomic E-state index is 0.433. The third-order valence-corrected chi connectivity index (χ3v) is 2.22. The van der Waals surface area contributed by atoms with Crippen LogP contribution in [-0.2, 0) is 4.79 Å². The van der Waals surface area contributed by atoms with Gasteiger partial charge in [-0.05, 0) is 18.2 Å². The third kappa shape index (κ3) is 3.24. The van der Waals surface area contributed by atoms with Crippen LogP contribution in [0.3, 0.4) is 0 Å². The second-order valence-corrected chi connectivity index (χ2v) is 3.41. The lowest BCUT2D eigenvalue weighted by molar-refractivity contribution is -0.104. The van der Waals surface area contributed by atoms with Gasteiger partial charge in [0.1, 0.15) is 6.29 Å². The van der Waals surface area contributed by atoms with Gasteiger partial charge in [0.15, 0.2) is 0 Å². The summed E-state index contributed by atoms with van der Waals surface area (Å²) in [6.45, 7) is 7.48. The monoisotopic (exact) mass is 213 g/mol. The lowest BCUT2D eigenvalue weighted by Gasteiger charge is -2.19. The molecule has 0 radical (unpaired) electrons. The van der Waals surface area contributed by atoms with Crippen molar-refractivity contribution < 1.29 is 4.79 Å². The number of hydrogen-bond acceptors (Lipinski definition) is 2. The smallest absolute Gasteiger partial charge is 0.149 e. The summed E-state index contributed by atoms with van der Waals surface area (Å²) in [5.41, 5.74) is 2.28. The fraction of sp³-hybridized carbons (Fsp3) is 0.0714. The molecule has 0 atom stereocenters. The van der Waals surface area contributed by atoms with E-state index in [-0.39, 0.29) is 0 Å². The second kappa shape index (κ2) is 5.71. The average Bonchev–Trinajstić information content (AvgIpc) is 2.35. The predicted octanol–water partition coefficient (Wildman–Crippen LogP) is 2.95. The molecule has 0 bridgehead atoms. The normalized spacial score (nSPS) is 10.1. The molecule has 0 saturated heterocycles. The highest BCUT2D eigenvalue weighted by Crippen LogP contribution is 2.16. The van der Waals surface area contributed by atoms with Gasteiger partial charge in [-0.3, -0.25) is 4.79 Å². The summed E-state index contributed by atoms with van der Waals surface area (Å²) < 4.78 is 0. The van der Waals surface area contributed by atoms with E-state index in [0.717, 1.165) is 11.4 Å².